The van der Waals surface area contributed by atoms with Crippen LogP contribution in [0.4, 0.5) is 35.1 Å². The van der Waals surface area contributed by atoms with Crippen LogP contribution in [0.25, 0.3) is 22.3 Å². The number of alkyl halides is 3. The third-order valence-corrected chi connectivity index (χ3v) is 6.34. The van der Waals surface area contributed by atoms with E-state index in [1.807, 2.05) is 24.3 Å². The van der Waals surface area contributed by atoms with Crippen LogP contribution < -0.4 is 0 Å². The summed E-state index contributed by atoms with van der Waals surface area (Å²) < 4.78 is 110. The topological polar surface area (TPSA) is 0 Å². The fraction of sp³-hybridized carbons (Fsp3) is 0.188. The first-order valence-electron chi connectivity index (χ1n) is 12.4. The second-order valence-electron chi connectivity index (χ2n) is 9.24. The summed E-state index contributed by atoms with van der Waals surface area (Å²) in [5.41, 5.74) is 1.08. The van der Waals surface area contributed by atoms with E-state index in [1.165, 1.54) is 18.1 Å². The molecule has 0 aliphatic heterocycles. The van der Waals surface area contributed by atoms with Crippen LogP contribution in [0.1, 0.15) is 35.6 Å². The standard InChI is InChI=1S/C32H22F8/c1-2-3-19-4-7-21(8-5-19)22-9-11-24(29(35)16-22)23-17-30(36)25(31(37)18-23)10-6-20-14-27(33)26(28(34)15-20)12-13-32(38,39)40/h4-5,7-9,11,14-18H,2-3,6,10H2,1H3. The summed E-state index contributed by atoms with van der Waals surface area (Å²) in [7, 11) is 0. The van der Waals surface area contributed by atoms with Crippen LogP contribution >= 0.6 is 0 Å². The highest BCUT2D eigenvalue weighted by Crippen LogP contribution is 2.31. The fourth-order valence-electron chi connectivity index (χ4n) is 4.37. The van der Waals surface area contributed by atoms with Gasteiger partial charge in [0.25, 0.3) is 0 Å². The molecule has 0 aliphatic carbocycles. The first kappa shape index (κ1) is 28.9. The van der Waals surface area contributed by atoms with Gasteiger partial charge in [-0.2, -0.15) is 13.2 Å². The van der Waals surface area contributed by atoms with Gasteiger partial charge in [-0.25, -0.2) is 22.0 Å². The van der Waals surface area contributed by atoms with Crippen molar-refractivity contribution in [3.05, 3.63) is 118 Å². The van der Waals surface area contributed by atoms with Gasteiger partial charge in [0.15, 0.2) is 0 Å². The van der Waals surface area contributed by atoms with Gasteiger partial charge in [-0.05, 0) is 77.4 Å². The van der Waals surface area contributed by atoms with E-state index in [0.717, 1.165) is 54.2 Å². The molecule has 0 N–H and O–H groups in total. The molecule has 4 aromatic rings. The summed E-state index contributed by atoms with van der Waals surface area (Å²) in [6.45, 7) is 2.07. The third kappa shape index (κ3) is 6.90. The zero-order valence-corrected chi connectivity index (χ0v) is 21.2. The highest BCUT2D eigenvalue weighted by molar-refractivity contribution is 5.71. The maximum Gasteiger partial charge on any atom is 0.458 e. The van der Waals surface area contributed by atoms with Gasteiger partial charge in [-0.15, -0.1) is 0 Å². The molecule has 0 unspecified atom stereocenters. The normalized spacial score (nSPS) is 11.3. The van der Waals surface area contributed by atoms with Crippen LogP contribution in [0.5, 0.6) is 0 Å². The van der Waals surface area contributed by atoms with Crippen molar-refractivity contribution in [3.63, 3.8) is 0 Å². The molecule has 0 heterocycles. The minimum absolute atomic E-state index is 0.00426. The molecule has 0 nitrogen and oxygen atoms in total. The van der Waals surface area contributed by atoms with E-state index in [0.29, 0.717) is 5.56 Å². The van der Waals surface area contributed by atoms with Crippen LogP contribution in [0.2, 0.25) is 0 Å². The summed E-state index contributed by atoms with van der Waals surface area (Å²) in [5.74, 6) is -3.05. The maximum absolute atomic E-state index is 15.0. The molecule has 0 spiro atoms. The van der Waals surface area contributed by atoms with Gasteiger partial charge in [-0.1, -0.05) is 55.7 Å². The molecule has 0 bridgehead atoms. The van der Waals surface area contributed by atoms with Crippen LogP contribution in [-0.2, 0) is 19.3 Å². The Labute approximate surface area is 226 Å². The Bertz CT molecular complexity index is 1540. The Hall–Kier alpha value is -4.12. The SMILES string of the molecule is CCCc1ccc(-c2ccc(-c3cc(F)c(CCc4cc(F)c(C#CC(F)(F)F)c(F)c4)c(F)c3)c(F)c2)cc1. The summed E-state index contributed by atoms with van der Waals surface area (Å²) in [4.78, 5) is 0. The summed E-state index contributed by atoms with van der Waals surface area (Å²) in [6, 6.07) is 15.6. The number of rotatable bonds is 7. The van der Waals surface area contributed by atoms with Gasteiger partial charge < -0.3 is 0 Å². The van der Waals surface area contributed by atoms with E-state index in [9.17, 15) is 35.1 Å². The zero-order valence-electron chi connectivity index (χ0n) is 21.2. The van der Waals surface area contributed by atoms with Crippen molar-refractivity contribution in [1.29, 1.82) is 0 Å². The van der Waals surface area contributed by atoms with E-state index in [1.54, 1.807) is 6.07 Å². The van der Waals surface area contributed by atoms with Crippen molar-refractivity contribution in [3.8, 4) is 34.1 Å². The first-order chi connectivity index (χ1) is 18.9. The molecule has 4 rings (SSSR count). The highest BCUT2D eigenvalue weighted by atomic mass is 19.4. The minimum Gasteiger partial charge on any atom is -0.207 e. The molecule has 4 aromatic carbocycles. The van der Waals surface area contributed by atoms with Gasteiger partial charge in [0.1, 0.15) is 29.1 Å². The first-order valence-corrected chi connectivity index (χ1v) is 12.4. The average Bonchev–Trinajstić information content (AvgIpc) is 2.87. The van der Waals surface area contributed by atoms with Crippen molar-refractivity contribution in [2.45, 2.75) is 38.8 Å². The summed E-state index contributed by atoms with van der Waals surface area (Å²) >= 11 is 0. The number of halogens is 8. The average molecular weight is 559 g/mol. The van der Waals surface area contributed by atoms with Crippen LogP contribution in [0, 0.1) is 40.9 Å². The van der Waals surface area contributed by atoms with E-state index >= 15 is 0 Å². The smallest absolute Gasteiger partial charge is 0.207 e. The molecule has 40 heavy (non-hydrogen) atoms. The Balaban J connectivity index is 1.52. The Morgan fingerprint density at radius 1 is 0.575 bits per heavy atom. The van der Waals surface area contributed by atoms with Gasteiger partial charge in [0, 0.05) is 17.0 Å². The molecule has 8 heteroatoms. The number of hydrogen-bond donors (Lipinski definition) is 0. The molecule has 0 radical (unpaired) electrons. The summed E-state index contributed by atoms with van der Waals surface area (Å²) in [6.07, 6.45) is -3.51. The fourth-order valence-corrected chi connectivity index (χ4v) is 4.37. The molecule has 206 valence electrons. The number of benzene rings is 4. The Kier molecular flexibility index (Phi) is 8.63. The Morgan fingerprint density at radius 2 is 1.15 bits per heavy atom. The molecule has 0 aromatic heterocycles. The van der Waals surface area contributed by atoms with Crippen molar-refractivity contribution in [1.82, 2.24) is 0 Å². The van der Waals surface area contributed by atoms with Crippen molar-refractivity contribution >= 4 is 0 Å². The second-order valence-corrected chi connectivity index (χ2v) is 9.24. The van der Waals surface area contributed by atoms with E-state index in [-0.39, 0.29) is 35.1 Å². The molecule has 0 saturated carbocycles. The van der Waals surface area contributed by atoms with E-state index < -0.39 is 40.8 Å². The lowest BCUT2D eigenvalue weighted by Gasteiger charge is -2.11. The molecular weight excluding hydrogens is 536 g/mol. The molecule has 0 aliphatic rings. The van der Waals surface area contributed by atoms with Crippen molar-refractivity contribution in [2.24, 2.45) is 0 Å². The van der Waals surface area contributed by atoms with Crippen LogP contribution in [-0.4, -0.2) is 6.18 Å². The van der Waals surface area contributed by atoms with Crippen molar-refractivity contribution in [2.75, 3.05) is 0 Å². The van der Waals surface area contributed by atoms with Crippen LogP contribution in [0.15, 0.2) is 66.7 Å². The van der Waals surface area contributed by atoms with E-state index in [4.69, 9.17) is 0 Å². The molecule has 0 fully saturated rings. The highest BCUT2D eigenvalue weighted by Gasteiger charge is 2.24. The lowest BCUT2D eigenvalue weighted by Crippen LogP contribution is -2.04. The predicted molar refractivity (Wildman–Crippen MR) is 138 cm³/mol. The minimum atomic E-state index is -4.93. The monoisotopic (exact) mass is 558 g/mol. The summed E-state index contributed by atoms with van der Waals surface area (Å²) in [5, 5.41) is 0. The van der Waals surface area contributed by atoms with Gasteiger partial charge in [0.05, 0.1) is 5.56 Å². The quantitative estimate of drug-likeness (QED) is 0.157. The lowest BCUT2D eigenvalue weighted by molar-refractivity contribution is -0.0696. The largest absolute Gasteiger partial charge is 0.458 e. The predicted octanol–water partition coefficient (Wildman–Crippen LogP) is 9.37. The molecule has 0 amide bonds. The second kappa shape index (κ2) is 12.0. The van der Waals surface area contributed by atoms with E-state index in [2.05, 4.69) is 6.92 Å². The number of hydrogen-bond acceptors (Lipinski definition) is 0. The molecular formula is C32H22F8. The van der Waals surface area contributed by atoms with Crippen LogP contribution in [0.3, 0.4) is 0 Å². The Morgan fingerprint density at radius 3 is 1.70 bits per heavy atom. The van der Waals surface area contributed by atoms with Crippen molar-refractivity contribution < 1.29 is 35.1 Å². The zero-order chi connectivity index (χ0) is 29.0. The maximum atomic E-state index is 15.0. The lowest BCUT2D eigenvalue weighted by atomic mass is 9.96. The molecule has 0 atom stereocenters. The third-order valence-electron chi connectivity index (χ3n) is 6.34. The van der Waals surface area contributed by atoms with Gasteiger partial charge in [0.2, 0.25) is 0 Å². The number of aryl methyl sites for hydroxylation is 2. The van der Waals surface area contributed by atoms with Gasteiger partial charge >= 0.3 is 6.18 Å². The molecule has 0 saturated heterocycles. The van der Waals surface area contributed by atoms with Gasteiger partial charge in [-0.3, -0.25) is 0 Å².